The van der Waals surface area contributed by atoms with Crippen LogP contribution in [-0.2, 0) is 16.1 Å². The summed E-state index contributed by atoms with van der Waals surface area (Å²) in [6.07, 6.45) is 0. The third-order valence-electron chi connectivity index (χ3n) is 6.97. The Bertz CT molecular complexity index is 1580. The number of nitrogens with zero attached hydrogens (tertiary/aromatic N) is 1. The lowest BCUT2D eigenvalue weighted by atomic mass is 9.94. The molecule has 198 valence electrons. The monoisotopic (exact) mass is 531 g/mol. The zero-order valence-corrected chi connectivity index (χ0v) is 20.6. The second-order valence-electron chi connectivity index (χ2n) is 9.14. The van der Waals surface area contributed by atoms with Gasteiger partial charge in [-0.25, -0.2) is 0 Å². The first-order valence-corrected chi connectivity index (χ1v) is 12.1. The number of aliphatic hydroxyl groups is 1. The largest absolute Gasteiger partial charge is 0.507 e. The van der Waals surface area contributed by atoms with E-state index >= 15 is 0 Å². The van der Waals surface area contributed by atoms with Crippen LogP contribution in [0.2, 0.25) is 0 Å². The van der Waals surface area contributed by atoms with Crippen LogP contribution in [0, 0.1) is 0 Å². The molecule has 1 unspecified atom stereocenters. The minimum Gasteiger partial charge on any atom is -0.507 e. The molecule has 0 aliphatic carbocycles. The van der Waals surface area contributed by atoms with E-state index in [4.69, 9.17) is 33.2 Å². The molecule has 7 rings (SSSR count). The van der Waals surface area contributed by atoms with Gasteiger partial charge in [0.05, 0.1) is 18.7 Å². The second kappa shape index (κ2) is 8.76. The number of carbonyl (C=O) groups excluding carboxylic acids is 2. The van der Waals surface area contributed by atoms with Gasteiger partial charge in [0.25, 0.3) is 11.7 Å². The van der Waals surface area contributed by atoms with Crippen molar-refractivity contribution in [3.63, 3.8) is 0 Å². The number of likely N-dealkylation sites (tertiary alicyclic amines) is 1. The summed E-state index contributed by atoms with van der Waals surface area (Å²) in [4.78, 5) is 28.4. The molecule has 0 aromatic heterocycles. The van der Waals surface area contributed by atoms with E-state index in [9.17, 15) is 14.7 Å². The standard InChI is InChI=1S/C28H21NO10/c1-33-21-8-16(9-22-27(21)39-13-38-22)24-23(25(30)15-3-5-18-20(7-15)37-12-35-18)26(31)28(32)29(24)10-14-2-4-17-19(6-14)36-11-34-17/h2-9,24,30H,10-13H2,1H3/b25-23+. The molecule has 4 aliphatic heterocycles. The van der Waals surface area contributed by atoms with Crippen molar-refractivity contribution < 1.29 is 47.9 Å². The van der Waals surface area contributed by atoms with Crippen LogP contribution < -0.4 is 33.2 Å². The van der Waals surface area contributed by atoms with Crippen LogP contribution in [-0.4, -0.2) is 49.2 Å². The highest BCUT2D eigenvalue weighted by molar-refractivity contribution is 6.46. The number of methoxy groups -OCH3 is 1. The molecule has 4 heterocycles. The molecule has 1 saturated heterocycles. The van der Waals surface area contributed by atoms with Crippen LogP contribution in [0.25, 0.3) is 5.76 Å². The van der Waals surface area contributed by atoms with Crippen LogP contribution in [0.15, 0.2) is 54.1 Å². The van der Waals surface area contributed by atoms with Gasteiger partial charge in [-0.2, -0.15) is 0 Å². The average molecular weight is 531 g/mol. The average Bonchev–Trinajstić information content (AvgIpc) is 3.75. The third kappa shape index (κ3) is 3.65. The molecule has 1 amide bonds. The molecule has 4 aliphatic rings. The van der Waals surface area contributed by atoms with Crippen LogP contribution in [0.5, 0.6) is 40.2 Å². The lowest BCUT2D eigenvalue weighted by Gasteiger charge is -2.26. The first-order chi connectivity index (χ1) is 19.0. The van der Waals surface area contributed by atoms with E-state index in [2.05, 4.69) is 0 Å². The number of ketones is 1. The normalized spacial score (nSPS) is 19.6. The summed E-state index contributed by atoms with van der Waals surface area (Å²) in [5.74, 6) is 1.35. The Morgan fingerprint density at radius 3 is 2.28 bits per heavy atom. The molecular formula is C28H21NO10. The van der Waals surface area contributed by atoms with Crippen molar-refractivity contribution in [2.45, 2.75) is 12.6 Å². The van der Waals surface area contributed by atoms with Crippen molar-refractivity contribution in [1.82, 2.24) is 4.90 Å². The highest BCUT2D eigenvalue weighted by Gasteiger charge is 2.47. The van der Waals surface area contributed by atoms with Gasteiger partial charge in [-0.15, -0.1) is 0 Å². The summed E-state index contributed by atoms with van der Waals surface area (Å²) in [5, 5.41) is 11.5. The van der Waals surface area contributed by atoms with Gasteiger partial charge in [0.2, 0.25) is 26.1 Å². The maximum atomic E-state index is 13.5. The van der Waals surface area contributed by atoms with Gasteiger partial charge in [0.15, 0.2) is 34.5 Å². The molecule has 0 radical (unpaired) electrons. The number of aliphatic hydroxyl groups excluding tert-OH is 1. The summed E-state index contributed by atoms with van der Waals surface area (Å²) in [5.41, 5.74) is 1.43. The van der Waals surface area contributed by atoms with E-state index in [1.807, 2.05) is 0 Å². The molecule has 1 fully saturated rings. The molecule has 3 aromatic carbocycles. The zero-order chi connectivity index (χ0) is 26.7. The highest BCUT2D eigenvalue weighted by atomic mass is 16.7. The number of carbonyl (C=O) groups is 2. The van der Waals surface area contributed by atoms with Crippen LogP contribution in [0.3, 0.4) is 0 Å². The van der Waals surface area contributed by atoms with E-state index in [1.165, 1.54) is 12.0 Å². The van der Waals surface area contributed by atoms with E-state index in [0.717, 1.165) is 0 Å². The Labute approximate surface area is 221 Å². The van der Waals surface area contributed by atoms with Crippen molar-refractivity contribution in [3.05, 3.63) is 70.8 Å². The van der Waals surface area contributed by atoms with Gasteiger partial charge in [0, 0.05) is 12.1 Å². The van der Waals surface area contributed by atoms with Crippen LogP contribution in [0.1, 0.15) is 22.7 Å². The lowest BCUT2D eigenvalue weighted by molar-refractivity contribution is -0.140. The molecule has 1 N–H and O–H groups in total. The Morgan fingerprint density at radius 1 is 0.846 bits per heavy atom. The van der Waals surface area contributed by atoms with Crippen molar-refractivity contribution >= 4 is 17.4 Å². The van der Waals surface area contributed by atoms with Crippen LogP contribution in [0.4, 0.5) is 0 Å². The van der Waals surface area contributed by atoms with E-state index in [0.29, 0.717) is 56.9 Å². The predicted molar refractivity (Wildman–Crippen MR) is 132 cm³/mol. The first kappa shape index (κ1) is 23.1. The smallest absolute Gasteiger partial charge is 0.295 e. The van der Waals surface area contributed by atoms with Gasteiger partial charge < -0.3 is 43.2 Å². The number of fused-ring (bicyclic) bond motifs is 3. The maximum Gasteiger partial charge on any atom is 0.295 e. The minimum atomic E-state index is -0.968. The first-order valence-electron chi connectivity index (χ1n) is 12.1. The van der Waals surface area contributed by atoms with Crippen molar-refractivity contribution in [1.29, 1.82) is 0 Å². The summed E-state index contributed by atoms with van der Waals surface area (Å²) in [6.45, 7) is 0.219. The maximum absolute atomic E-state index is 13.5. The molecule has 0 spiro atoms. The quantitative estimate of drug-likeness (QED) is 0.297. The highest BCUT2D eigenvalue weighted by Crippen LogP contribution is 2.48. The SMILES string of the molecule is COc1cc(C2/C(=C(\O)c3ccc4c(c3)OCO4)C(=O)C(=O)N2Cc2ccc3c(c2)OCO3)cc2c1OCO2. The van der Waals surface area contributed by atoms with Gasteiger partial charge in [-0.3, -0.25) is 9.59 Å². The Morgan fingerprint density at radius 2 is 1.51 bits per heavy atom. The molecule has 0 saturated carbocycles. The van der Waals surface area contributed by atoms with Gasteiger partial charge >= 0.3 is 0 Å². The van der Waals surface area contributed by atoms with Crippen molar-refractivity contribution in [2.24, 2.45) is 0 Å². The van der Waals surface area contributed by atoms with Gasteiger partial charge in [0.1, 0.15) is 5.76 Å². The lowest BCUT2D eigenvalue weighted by Crippen LogP contribution is -2.29. The number of hydrogen-bond donors (Lipinski definition) is 1. The van der Waals surface area contributed by atoms with E-state index in [1.54, 1.807) is 48.5 Å². The second-order valence-corrected chi connectivity index (χ2v) is 9.14. The van der Waals surface area contributed by atoms with Crippen LogP contribution >= 0.6 is 0 Å². The molecule has 11 nitrogen and oxygen atoms in total. The van der Waals surface area contributed by atoms with E-state index in [-0.39, 0.29) is 38.3 Å². The van der Waals surface area contributed by atoms with E-state index < -0.39 is 17.7 Å². The summed E-state index contributed by atoms with van der Waals surface area (Å²) < 4.78 is 38.3. The third-order valence-corrected chi connectivity index (χ3v) is 6.97. The van der Waals surface area contributed by atoms with Gasteiger partial charge in [-0.1, -0.05) is 6.07 Å². The van der Waals surface area contributed by atoms with Crippen molar-refractivity contribution in [3.8, 4) is 40.2 Å². The molecule has 39 heavy (non-hydrogen) atoms. The Hall–Kier alpha value is -5.06. The summed E-state index contributed by atoms with van der Waals surface area (Å²) in [7, 11) is 1.48. The predicted octanol–water partition coefficient (Wildman–Crippen LogP) is 3.50. The number of amides is 1. The molecule has 1 atom stereocenters. The fraction of sp³-hybridized carbons (Fsp3) is 0.214. The summed E-state index contributed by atoms with van der Waals surface area (Å²) >= 11 is 0. The number of benzene rings is 3. The zero-order valence-electron chi connectivity index (χ0n) is 20.6. The number of ether oxygens (including phenoxy) is 7. The topological polar surface area (TPSA) is 122 Å². The number of Topliss-reactive ketones (excluding diaryl/α,β-unsaturated/α-hetero) is 1. The molecule has 11 heteroatoms. The number of hydrogen-bond acceptors (Lipinski definition) is 10. The molecule has 3 aromatic rings. The Balaban J connectivity index is 1.37. The fourth-order valence-electron chi connectivity index (χ4n) is 5.13. The van der Waals surface area contributed by atoms with Crippen molar-refractivity contribution in [2.75, 3.05) is 27.5 Å². The molecular weight excluding hydrogens is 510 g/mol. The van der Waals surface area contributed by atoms with Gasteiger partial charge in [-0.05, 0) is 53.6 Å². The minimum absolute atomic E-state index is 0.00370. The molecule has 0 bridgehead atoms. The fourth-order valence-corrected chi connectivity index (χ4v) is 5.13. The Kier molecular flexibility index (Phi) is 5.18. The summed E-state index contributed by atoms with van der Waals surface area (Å²) in [6, 6.07) is 12.5. The number of rotatable bonds is 5.